The molecule has 4 heterocycles. The average molecular weight is 397 g/mol. The fourth-order valence-electron chi connectivity index (χ4n) is 3.85. The normalized spacial score (nSPS) is 14.9. The molecule has 0 radical (unpaired) electrons. The number of benzene rings is 1. The molecule has 1 saturated heterocycles. The van der Waals surface area contributed by atoms with E-state index in [1.807, 2.05) is 18.2 Å². The van der Waals surface area contributed by atoms with Crippen LogP contribution < -0.4 is 5.32 Å². The Morgan fingerprint density at radius 3 is 2.61 bits per heavy atom. The lowest BCUT2D eigenvalue weighted by molar-refractivity contribution is 0.462. The third-order valence-corrected chi connectivity index (χ3v) is 5.33. The van der Waals surface area contributed by atoms with Crippen LogP contribution in [0.3, 0.4) is 0 Å². The minimum absolute atomic E-state index is 0. The van der Waals surface area contributed by atoms with Gasteiger partial charge in [0.05, 0.1) is 17.4 Å². The molecule has 28 heavy (non-hydrogen) atoms. The maximum atomic E-state index is 10.5. The van der Waals surface area contributed by atoms with Gasteiger partial charge in [0.1, 0.15) is 11.3 Å². The van der Waals surface area contributed by atoms with Gasteiger partial charge >= 0.3 is 0 Å². The third kappa shape index (κ3) is 3.23. The number of fused-ring (bicyclic) bond motifs is 1. The van der Waals surface area contributed by atoms with Crippen LogP contribution in [0.25, 0.3) is 33.4 Å². The molecule has 1 aliphatic heterocycles. The monoisotopic (exact) mass is 396 g/mol. The number of hydrogen-bond acceptors (Lipinski definition) is 5. The van der Waals surface area contributed by atoms with Crippen molar-refractivity contribution in [3.05, 3.63) is 48.4 Å². The predicted octanol–water partition coefficient (Wildman–Crippen LogP) is 3.61. The van der Waals surface area contributed by atoms with Gasteiger partial charge in [-0.15, -0.1) is 22.6 Å². The minimum atomic E-state index is 0. The molecule has 7 nitrogen and oxygen atoms in total. The lowest BCUT2D eigenvalue weighted by atomic mass is 9.91. The summed E-state index contributed by atoms with van der Waals surface area (Å²) >= 11 is 0. The van der Waals surface area contributed by atoms with Crippen molar-refractivity contribution in [1.82, 2.24) is 30.7 Å². The number of phenolic OH excluding ortho intramolecular Hbond substituents is 1. The smallest absolute Gasteiger partial charge is 0.125 e. The van der Waals surface area contributed by atoms with Gasteiger partial charge in [0.25, 0.3) is 0 Å². The number of aromatic hydroxyl groups is 1. The highest BCUT2D eigenvalue weighted by atomic mass is 35.5. The Morgan fingerprint density at radius 1 is 1.00 bits per heavy atom. The fourth-order valence-corrected chi connectivity index (χ4v) is 3.85. The number of hydrogen-bond donors (Lipinski definition) is 4. The van der Waals surface area contributed by atoms with Gasteiger partial charge in [-0.05, 0) is 55.6 Å². The quantitative estimate of drug-likeness (QED) is 0.423. The highest BCUT2D eigenvalue weighted by Gasteiger charge is 2.20. The summed E-state index contributed by atoms with van der Waals surface area (Å²) in [5, 5.41) is 29.5. The molecule has 3 aromatic heterocycles. The second kappa shape index (κ2) is 7.61. The highest BCUT2D eigenvalue weighted by Crippen LogP contribution is 2.35. The fraction of sp³-hybridized carbons (Fsp3) is 0.250. The first kappa shape index (κ1) is 18.5. The summed E-state index contributed by atoms with van der Waals surface area (Å²) in [6.07, 6.45) is 7.81. The summed E-state index contributed by atoms with van der Waals surface area (Å²) in [7, 11) is 0. The first-order valence-corrected chi connectivity index (χ1v) is 9.17. The van der Waals surface area contributed by atoms with Crippen LogP contribution in [0.15, 0.2) is 42.9 Å². The summed E-state index contributed by atoms with van der Waals surface area (Å²) in [4.78, 5) is 3.33. The van der Waals surface area contributed by atoms with E-state index in [1.54, 1.807) is 18.5 Å². The van der Waals surface area contributed by atoms with Gasteiger partial charge in [0.15, 0.2) is 0 Å². The number of phenols is 1. The van der Waals surface area contributed by atoms with Crippen LogP contribution >= 0.6 is 12.4 Å². The largest absolute Gasteiger partial charge is 0.507 e. The van der Waals surface area contributed by atoms with Crippen molar-refractivity contribution in [1.29, 1.82) is 0 Å². The Kier molecular flexibility index (Phi) is 5.02. The zero-order valence-electron chi connectivity index (χ0n) is 15.1. The number of aromatic nitrogens is 5. The lowest BCUT2D eigenvalue weighted by Gasteiger charge is -2.21. The molecule has 0 saturated carbocycles. The van der Waals surface area contributed by atoms with Gasteiger partial charge in [0, 0.05) is 29.1 Å². The highest BCUT2D eigenvalue weighted by molar-refractivity contribution is 5.85. The molecule has 0 atom stereocenters. The van der Waals surface area contributed by atoms with Gasteiger partial charge in [-0.3, -0.25) is 5.10 Å². The summed E-state index contributed by atoms with van der Waals surface area (Å²) < 4.78 is 0. The van der Waals surface area contributed by atoms with Gasteiger partial charge in [-0.1, -0.05) is 6.07 Å². The van der Waals surface area contributed by atoms with E-state index in [9.17, 15) is 5.11 Å². The summed E-state index contributed by atoms with van der Waals surface area (Å²) in [6, 6.07) is 7.49. The molecular formula is C20H21ClN6O. The van der Waals surface area contributed by atoms with Crippen molar-refractivity contribution < 1.29 is 5.11 Å². The van der Waals surface area contributed by atoms with E-state index in [2.05, 4.69) is 36.9 Å². The van der Waals surface area contributed by atoms with Gasteiger partial charge in [-0.2, -0.15) is 5.10 Å². The standard InChI is InChI=1S/C20H20N6O.ClH/c27-19-7-13(14-9-23-24-10-14)1-2-15(19)17-8-18-20(26-25-17)16(11-22-18)12-3-5-21-6-4-12;/h1-2,7-12,21-22,27H,3-6H2,(H,23,24);1H. The van der Waals surface area contributed by atoms with Gasteiger partial charge < -0.3 is 15.4 Å². The minimum Gasteiger partial charge on any atom is -0.507 e. The zero-order valence-corrected chi connectivity index (χ0v) is 16.0. The molecule has 0 aliphatic carbocycles. The number of aromatic amines is 2. The Balaban J connectivity index is 0.00000192. The van der Waals surface area contributed by atoms with E-state index >= 15 is 0 Å². The molecule has 0 bridgehead atoms. The molecule has 8 heteroatoms. The zero-order chi connectivity index (χ0) is 18.2. The molecule has 1 aliphatic rings. The first-order valence-electron chi connectivity index (χ1n) is 9.17. The molecule has 1 fully saturated rings. The summed E-state index contributed by atoms with van der Waals surface area (Å²) in [6.45, 7) is 2.08. The van der Waals surface area contributed by atoms with Gasteiger partial charge in [-0.25, -0.2) is 0 Å². The Morgan fingerprint density at radius 2 is 1.86 bits per heavy atom. The van der Waals surface area contributed by atoms with Crippen LogP contribution in [-0.4, -0.2) is 43.6 Å². The van der Waals surface area contributed by atoms with E-state index in [4.69, 9.17) is 0 Å². The molecular weight excluding hydrogens is 376 g/mol. The second-order valence-electron chi connectivity index (χ2n) is 6.98. The Bertz CT molecular complexity index is 1090. The molecule has 0 unspecified atom stereocenters. The van der Waals surface area contributed by atoms with E-state index < -0.39 is 0 Å². The molecule has 144 valence electrons. The van der Waals surface area contributed by atoms with Crippen molar-refractivity contribution >= 4 is 23.4 Å². The first-order chi connectivity index (χ1) is 13.3. The molecule has 0 spiro atoms. The van der Waals surface area contributed by atoms with Crippen LogP contribution in [0.2, 0.25) is 0 Å². The van der Waals surface area contributed by atoms with Crippen molar-refractivity contribution in [2.45, 2.75) is 18.8 Å². The second-order valence-corrected chi connectivity index (χ2v) is 6.98. The summed E-state index contributed by atoms with van der Waals surface area (Å²) in [5.74, 6) is 0.690. The lowest BCUT2D eigenvalue weighted by Crippen LogP contribution is -2.26. The van der Waals surface area contributed by atoms with Crippen LogP contribution in [0.1, 0.15) is 24.3 Å². The number of nitrogens with one attached hydrogen (secondary N) is 3. The number of nitrogens with zero attached hydrogens (tertiary/aromatic N) is 3. The molecule has 5 rings (SSSR count). The molecule has 1 aromatic carbocycles. The van der Waals surface area contributed by atoms with Crippen LogP contribution in [0.4, 0.5) is 0 Å². The van der Waals surface area contributed by atoms with Crippen LogP contribution in [0.5, 0.6) is 5.75 Å². The van der Waals surface area contributed by atoms with Crippen molar-refractivity contribution in [3.63, 3.8) is 0 Å². The van der Waals surface area contributed by atoms with E-state index in [1.165, 1.54) is 5.56 Å². The van der Waals surface area contributed by atoms with Crippen molar-refractivity contribution in [2.24, 2.45) is 0 Å². The number of halogens is 1. The van der Waals surface area contributed by atoms with Crippen molar-refractivity contribution in [2.75, 3.05) is 13.1 Å². The third-order valence-electron chi connectivity index (χ3n) is 5.33. The number of piperidine rings is 1. The SMILES string of the molecule is Cl.Oc1cc(-c2cn[nH]c2)ccc1-c1cc2[nH]cc(C3CCNCC3)c2nn1. The van der Waals surface area contributed by atoms with Crippen molar-refractivity contribution in [3.8, 4) is 28.1 Å². The summed E-state index contributed by atoms with van der Waals surface area (Å²) in [5.41, 5.74) is 6.26. The maximum absolute atomic E-state index is 10.5. The number of H-pyrrole nitrogens is 2. The maximum Gasteiger partial charge on any atom is 0.125 e. The Hall–Kier alpha value is -2.90. The average Bonchev–Trinajstić information content (AvgIpc) is 3.38. The molecule has 4 aromatic rings. The van der Waals surface area contributed by atoms with Crippen LogP contribution in [0, 0.1) is 0 Å². The van der Waals surface area contributed by atoms with Gasteiger partial charge in [0.2, 0.25) is 0 Å². The topological polar surface area (TPSA) is 103 Å². The Labute approximate surface area is 168 Å². The number of rotatable bonds is 3. The van der Waals surface area contributed by atoms with E-state index in [-0.39, 0.29) is 18.2 Å². The van der Waals surface area contributed by atoms with E-state index in [0.717, 1.165) is 48.1 Å². The molecule has 4 N–H and O–H groups in total. The predicted molar refractivity (Wildman–Crippen MR) is 111 cm³/mol. The molecule has 0 amide bonds. The van der Waals surface area contributed by atoms with Crippen LogP contribution in [-0.2, 0) is 0 Å². The van der Waals surface area contributed by atoms with E-state index in [0.29, 0.717) is 17.2 Å².